The minimum Gasteiger partial charge on any atom is -0.356 e. The van der Waals surface area contributed by atoms with Crippen LogP contribution in [0.5, 0.6) is 0 Å². The van der Waals surface area contributed by atoms with Gasteiger partial charge in [0.05, 0.1) is 16.9 Å². The maximum atomic E-state index is 13.5. The molecule has 2 aromatic heterocycles. The van der Waals surface area contributed by atoms with Gasteiger partial charge in [0.1, 0.15) is 11.6 Å². The monoisotopic (exact) mass is 542 g/mol. The Hall–Kier alpha value is -3.91. The lowest BCUT2D eigenvalue weighted by molar-refractivity contribution is 0.0947. The molecule has 2 heterocycles. The molecule has 0 saturated carbocycles. The quantitative estimate of drug-likeness (QED) is 0.204. The average Bonchev–Trinajstić information content (AvgIpc) is 3.28. The van der Waals surface area contributed by atoms with Crippen LogP contribution in [-0.4, -0.2) is 32.7 Å². The first-order valence-corrected chi connectivity index (χ1v) is 14.2. The van der Waals surface area contributed by atoms with Crippen LogP contribution in [-0.2, 0) is 6.42 Å². The average molecular weight is 543 g/mol. The second kappa shape index (κ2) is 11.9. The van der Waals surface area contributed by atoms with Gasteiger partial charge < -0.3 is 15.6 Å². The standard InChI is InChI=1S/C31H31FN4O2S/c1-19(2)39-15-13-20-16-25-28(26(37)17-20)30(34-24-6-4-3-5-7-24)29(35-25)22-12-14-33-27(18-22)36-31(38)21-8-10-23(32)11-9-21/h3-12,14,18-20,34-35H,13,15-17H2,1-2H3,(H,33,36,38). The molecule has 6 nitrogen and oxygen atoms in total. The first-order chi connectivity index (χ1) is 18.9. The highest BCUT2D eigenvalue weighted by atomic mass is 32.2. The molecule has 3 N–H and O–H groups in total. The fraction of sp³-hybridized carbons (Fsp3) is 0.258. The number of fused-ring (bicyclic) bond motifs is 1. The highest BCUT2D eigenvalue weighted by Crippen LogP contribution is 2.41. The number of aromatic amines is 1. The molecule has 0 aliphatic heterocycles. The molecular weight excluding hydrogens is 511 g/mol. The number of H-pyrrole nitrogens is 1. The molecule has 0 fully saturated rings. The summed E-state index contributed by atoms with van der Waals surface area (Å²) >= 11 is 1.93. The van der Waals surface area contributed by atoms with Crippen LogP contribution in [0.25, 0.3) is 11.3 Å². The molecule has 0 spiro atoms. The molecule has 39 heavy (non-hydrogen) atoms. The summed E-state index contributed by atoms with van der Waals surface area (Å²) in [6.45, 7) is 4.39. The Kier molecular flexibility index (Phi) is 8.12. The van der Waals surface area contributed by atoms with Crippen molar-refractivity contribution in [3.8, 4) is 11.3 Å². The van der Waals surface area contributed by atoms with Gasteiger partial charge in [0.25, 0.3) is 5.91 Å². The largest absolute Gasteiger partial charge is 0.356 e. The number of benzene rings is 2. The molecule has 4 aromatic rings. The van der Waals surface area contributed by atoms with E-state index in [0.29, 0.717) is 34.5 Å². The minimum atomic E-state index is -0.406. The zero-order valence-corrected chi connectivity index (χ0v) is 22.8. The fourth-order valence-corrected chi connectivity index (χ4v) is 5.80. The first kappa shape index (κ1) is 26.7. The predicted octanol–water partition coefficient (Wildman–Crippen LogP) is 7.49. The highest BCUT2D eigenvalue weighted by Gasteiger charge is 2.31. The number of Topliss-reactive ketones (excluding diaryl/α,β-unsaturated/α-hetero) is 1. The summed E-state index contributed by atoms with van der Waals surface area (Å²) in [5, 5.41) is 6.84. The zero-order chi connectivity index (χ0) is 27.4. The van der Waals surface area contributed by atoms with E-state index in [1.807, 2.05) is 48.2 Å². The van der Waals surface area contributed by atoms with Crippen molar-refractivity contribution in [2.45, 2.75) is 38.4 Å². The van der Waals surface area contributed by atoms with Crippen molar-refractivity contribution >= 4 is 40.6 Å². The molecule has 1 amide bonds. The number of nitrogens with zero attached hydrogens (tertiary/aromatic N) is 1. The number of anilines is 3. The van der Waals surface area contributed by atoms with E-state index in [1.165, 1.54) is 24.3 Å². The first-order valence-electron chi connectivity index (χ1n) is 13.1. The Morgan fingerprint density at radius 2 is 1.87 bits per heavy atom. The van der Waals surface area contributed by atoms with Gasteiger partial charge in [-0.15, -0.1) is 0 Å². The van der Waals surface area contributed by atoms with Crippen molar-refractivity contribution in [2.24, 2.45) is 5.92 Å². The Labute approximate surface area is 231 Å². The van der Waals surface area contributed by atoms with Crippen molar-refractivity contribution in [1.29, 1.82) is 0 Å². The number of amides is 1. The third kappa shape index (κ3) is 6.40. The Balaban J connectivity index is 1.46. The lowest BCUT2D eigenvalue weighted by Gasteiger charge is -2.22. The molecule has 1 aliphatic carbocycles. The van der Waals surface area contributed by atoms with E-state index in [1.54, 1.807) is 12.3 Å². The third-order valence-corrected chi connectivity index (χ3v) is 7.88. The molecule has 200 valence electrons. The van der Waals surface area contributed by atoms with Crippen LogP contribution in [0.15, 0.2) is 72.9 Å². The number of carbonyl (C=O) groups is 2. The topological polar surface area (TPSA) is 86.9 Å². The van der Waals surface area contributed by atoms with Crippen molar-refractivity contribution in [1.82, 2.24) is 9.97 Å². The van der Waals surface area contributed by atoms with Crippen LogP contribution < -0.4 is 10.6 Å². The van der Waals surface area contributed by atoms with E-state index in [4.69, 9.17) is 0 Å². The maximum Gasteiger partial charge on any atom is 0.256 e. The lowest BCUT2D eigenvalue weighted by atomic mass is 9.84. The molecule has 2 aromatic carbocycles. The van der Waals surface area contributed by atoms with Gasteiger partial charge in [0.2, 0.25) is 0 Å². The summed E-state index contributed by atoms with van der Waals surface area (Å²) in [7, 11) is 0. The van der Waals surface area contributed by atoms with Crippen LogP contribution in [0, 0.1) is 11.7 Å². The number of aromatic nitrogens is 2. The number of halogens is 1. The number of hydrogen-bond acceptors (Lipinski definition) is 5. The van der Waals surface area contributed by atoms with Crippen LogP contribution in [0.2, 0.25) is 0 Å². The minimum absolute atomic E-state index is 0.135. The molecule has 1 unspecified atom stereocenters. The summed E-state index contributed by atoms with van der Waals surface area (Å²) in [4.78, 5) is 34.0. The Morgan fingerprint density at radius 1 is 1.10 bits per heavy atom. The molecule has 0 bridgehead atoms. The van der Waals surface area contributed by atoms with Crippen molar-refractivity contribution < 1.29 is 14.0 Å². The number of thioether (sulfide) groups is 1. The number of pyridine rings is 1. The molecule has 0 radical (unpaired) electrons. The number of nitrogens with one attached hydrogen (secondary N) is 3. The number of carbonyl (C=O) groups excluding carboxylic acids is 2. The zero-order valence-electron chi connectivity index (χ0n) is 22.0. The van der Waals surface area contributed by atoms with Gasteiger partial charge in [-0.25, -0.2) is 9.37 Å². The molecule has 5 rings (SSSR count). The summed E-state index contributed by atoms with van der Waals surface area (Å²) in [6, 6.07) is 18.7. The predicted molar refractivity (Wildman–Crippen MR) is 156 cm³/mol. The third-order valence-electron chi connectivity index (χ3n) is 6.74. The van der Waals surface area contributed by atoms with E-state index in [-0.39, 0.29) is 11.7 Å². The smallest absolute Gasteiger partial charge is 0.256 e. The van der Waals surface area contributed by atoms with Gasteiger partial charge in [0, 0.05) is 35.1 Å². The van der Waals surface area contributed by atoms with Gasteiger partial charge in [-0.1, -0.05) is 32.0 Å². The SMILES string of the molecule is CC(C)SCCC1CC(=O)c2c([nH]c(-c3ccnc(NC(=O)c4ccc(F)cc4)c3)c2Nc2ccccc2)C1. The van der Waals surface area contributed by atoms with E-state index in [0.717, 1.165) is 46.9 Å². The summed E-state index contributed by atoms with van der Waals surface area (Å²) in [5.74, 6) is 1.04. The Bertz CT molecular complexity index is 1470. The van der Waals surface area contributed by atoms with E-state index >= 15 is 0 Å². The lowest BCUT2D eigenvalue weighted by Crippen LogP contribution is -2.20. The van der Waals surface area contributed by atoms with Crippen molar-refractivity contribution in [3.63, 3.8) is 0 Å². The van der Waals surface area contributed by atoms with Crippen molar-refractivity contribution in [2.75, 3.05) is 16.4 Å². The molecule has 8 heteroatoms. The molecular formula is C31H31FN4O2S. The second-order valence-electron chi connectivity index (χ2n) is 10.0. The maximum absolute atomic E-state index is 13.5. The summed E-state index contributed by atoms with van der Waals surface area (Å²) in [6.07, 6.45) is 3.96. The highest BCUT2D eigenvalue weighted by molar-refractivity contribution is 7.99. The normalized spacial score (nSPS) is 14.8. The van der Waals surface area contributed by atoms with Crippen LogP contribution in [0.1, 0.15) is 53.1 Å². The van der Waals surface area contributed by atoms with E-state index < -0.39 is 5.82 Å². The number of hydrogen-bond donors (Lipinski definition) is 3. The Morgan fingerprint density at radius 3 is 2.62 bits per heavy atom. The van der Waals surface area contributed by atoms with Gasteiger partial charge in [-0.05, 0) is 78.3 Å². The summed E-state index contributed by atoms with van der Waals surface area (Å²) in [5.41, 5.74) is 5.14. The fourth-order valence-electron chi connectivity index (χ4n) is 4.86. The van der Waals surface area contributed by atoms with E-state index in [9.17, 15) is 14.0 Å². The van der Waals surface area contributed by atoms with Gasteiger partial charge in [-0.3, -0.25) is 9.59 Å². The number of ketones is 1. The van der Waals surface area contributed by atoms with Crippen LogP contribution in [0.4, 0.5) is 21.6 Å². The molecule has 1 atom stereocenters. The van der Waals surface area contributed by atoms with Gasteiger partial charge in [0.15, 0.2) is 5.78 Å². The van der Waals surface area contributed by atoms with Gasteiger partial charge >= 0.3 is 0 Å². The van der Waals surface area contributed by atoms with Crippen LogP contribution in [0.3, 0.4) is 0 Å². The molecule has 0 saturated heterocycles. The van der Waals surface area contributed by atoms with Gasteiger partial charge in [-0.2, -0.15) is 11.8 Å². The van der Waals surface area contributed by atoms with Crippen molar-refractivity contribution in [3.05, 3.63) is 95.6 Å². The number of rotatable bonds is 9. The summed E-state index contributed by atoms with van der Waals surface area (Å²) < 4.78 is 13.3. The van der Waals surface area contributed by atoms with E-state index in [2.05, 4.69) is 34.4 Å². The number of para-hydroxylation sites is 1. The molecule has 1 aliphatic rings. The van der Waals surface area contributed by atoms with Crippen LogP contribution >= 0.6 is 11.8 Å². The second-order valence-corrected chi connectivity index (χ2v) is 11.7.